The molecule has 0 bridgehead atoms. The number of fused-ring (bicyclic) bond motifs is 2. The molecule has 0 unspecified atom stereocenters. The third-order valence-electron chi connectivity index (χ3n) is 7.91. The van der Waals surface area contributed by atoms with E-state index in [0.717, 1.165) is 35.0 Å². The van der Waals surface area contributed by atoms with Gasteiger partial charge in [0.15, 0.2) is 4.80 Å². The third-order valence-corrected chi connectivity index (χ3v) is 8.89. The van der Waals surface area contributed by atoms with Gasteiger partial charge in [0, 0.05) is 24.3 Å². The van der Waals surface area contributed by atoms with Crippen LogP contribution in [0.5, 0.6) is 5.75 Å². The maximum absolute atomic E-state index is 14.2. The molecule has 1 atom stereocenters. The van der Waals surface area contributed by atoms with Crippen molar-refractivity contribution in [1.29, 1.82) is 0 Å². The summed E-state index contributed by atoms with van der Waals surface area (Å²) in [5.74, 6) is 0.101. The first-order valence-corrected chi connectivity index (χ1v) is 14.8. The van der Waals surface area contributed by atoms with E-state index < -0.39 is 12.0 Å². The van der Waals surface area contributed by atoms with E-state index >= 15 is 0 Å². The van der Waals surface area contributed by atoms with Crippen molar-refractivity contribution in [2.24, 2.45) is 4.99 Å². The van der Waals surface area contributed by atoms with Gasteiger partial charge in [-0.2, -0.15) is 0 Å². The third kappa shape index (κ3) is 4.76. The molecule has 7 nitrogen and oxygen atoms in total. The van der Waals surface area contributed by atoms with Crippen molar-refractivity contribution in [3.05, 3.63) is 102 Å². The standard InChI is InChI=1S/C33H33N3O4S/c1-5-40-32(38)28-21(3)34-33-36(30(28)29-24-11-7-6-10-23(24)13-15-26(29)39-4)31(37)27(41-33)19-22-12-14-25(20(2)18-22)35-16-8-9-17-35/h6-7,10-15,18-19,30H,5,8-9,16-17H2,1-4H3/b27-19+/t30-/m0/s1. The summed E-state index contributed by atoms with van der Waals surface area (Å²) in [6, 6.07) is 17.4. The van der Waals surface area contributed by atoms with Gasteiger partial charge in [-0.3, -0.25) is 9.36 Å². The molecule has 2 aliphatic heterocycles. The number of thiazole rings is 1. The Hall–Kier alpha value is -4.17. The lowest BCUT2D eigenvalue weighted by molar-refractivity contribution is -0.139. The van der Waals surface area contributed by atoms with Crippen LogP contribution in [0.1, 0.15) is 49.4 Å². The summed E-state index contributed by atoms with van der Waals surface area (Å²) in [6.07, 6.45) is 4.36. The van der Waals surface area contributed by atoms with E-state index in [4.69, 9.17) is 14.5 Å². The number of allylic oxidation sites excluding steroid dienone is 1. The number of hydrogen-bond acceptors (Lipinski definition) is 7. The number of ether oxygens (including phenoxy) is 2. The number of anilines is 1. The average molecular weight is 568 g/mol. The van der Waals surface area contributed by atoms with Crippen LogP contribution in [0, 0.1) is 6.92 Å². The molecule has 0 spiro atoms. The Balaban J connectivity index is 1.56. The van der Waals surface area contributed by atoms with Crippen LogP contribution in [0.4, 0.5) is 5.69 Å². The maximum Gasteiger partial charge on any atom is 0.338 e. The molecular formula is C33H33N3O4S. The van der Waals surface area contributed by atoms with Crippen molar-refractivity contribution in [3.8, 4) is 5.75 Å². The fraction of sp³-hybridized carbons (Fsp3) is 0.303. The molecule has 0 aliphatic carbocycles. The van der Waals surface area contributed by atoms with Crippen molar-refractivity contribution in [3.63, 3.8) is 0 Å². The minimum atomic E-state index is -0.757. The predicted octanol–water partition coefficient (Wildman–Crippen LogP) is 4.87. The van der Waals surface area contributed by atoms with Gasteiger partial charge in [-0.15, -0.1) is 0 Å². The molecule has 3 aromatic carbocycles. The summed E-state index contributed by atoms with van der Waals surface area (Å²) in [5, 5.41) is 1.88. The van der Waals surface area contributed by atoms with Crippen LogP contribution in [0.25, 0.3) is 16.8 Å². The highest BCUT2D eigenvalue weighted by Gasteiger charge is 2.36. The molecule has 210 valence electrons. The van der Waals surface area contributed by atoms with Gasteiger partial charge < -0.3 is 14.4 Å². The lowest BCUT2D eigenvalue weighted by atomic mass is 9.90. The van der Waals surface area contributed by atoms with Gasteiger partial charge in [0.25, 0.3) is 5.56 Å². The molecule has 2 aliphatic rings. The average Bonchev–Trinajstić information content (AvgIpc) is 3.60. The summed E-state index contributed by atoms with van der Waals surface area (Å²) >= 11 is 1.33. The van der Waals surface area contributed by atoms with Gasteiger partial charge in [0.05, 0.1) is 29.5 Å². The van der Waals surface area contributed by atoms with Gasteiger partial charge in [0.2, 0.25) is 0 Å². The second kappa shape index (κ2) is 11.0. The molecule has 0 radical (unpaired) electrons. The Morgan fingerprint density at radius 1 is 1.10 bits per heavy atom. The van der Waals surface area contributed by atoms with E-state index in [9.17, 15) is 9.59 Å². The second-order valence-corrected chi connectivity index (χ2v) is 11.5. The fourth-order valence-electron chi connectivity index (χ4n) is 6.03. The number of benzene rings is 3. The number of carbonyl (C=O) groups excluding carboxylic acids is 1. The van der Waals surface area contributed by atoms with Gasteiger partial charge in [-0.25, -0.2) is 9.79 Å². The van der Waals surface area contributed by atoms with Crippen molar-refractivity contribution < 1.29 is 14.3 Å². The van der Waals surface area contributed by atoms with Crippen LogP contribution >= 0.6 is 11.3 Å². The number of rotatable bonds is 6. The van der Waals surface area contributed by atoms with Gasteiger partial charge in [-0.05, 0) is 79.8 Å². The molecule has 6 rings (SSSR count). The number of methoxy groups -OCH3 is 1. The van der Waals surface area contributed by atoms with E-state index in [0.29, 0.717) is 26.4 Å². The van der Waals surface area contributed by atoms with E-state index in [2.05, 4.69) is 30.0 Å². The Morgan fingerprint density at radius 3 is 2.61 bits per heavy atom. The van der Waals surface area contributed by atoms with Crippen LogP contribution in [0.2, 0.25) is 0 Å². The normalized spacial score (nSPS) is 17.1. The lowest BCUT2D eigenvalue weighted by Gasteiger charge is -2.27. The zero-order valence-corrected chi connectivity index (χ0v) is 24.6. The predicted molar refractivity (Wildman–Crippen MR) is 164 cm³/mol. The van der Waals surface area contributed by atoms with Gasteiger partial charge in [0.1, 0.15) is 11.8 Å². The molecule has 41 heavy (non-hydrogen) atoms. The maximum atomic E-state index is 14.2. The molecule has 3 heterocycles. The molecule has 1 saturated heterocycles. The topological polar surface area (TPSA) is 73.1 Å². The van der Waals surface area contributed by atoms with Crippen molar-refractivity contribution in [1.82, 2.24) is 4.57 Å². The van der Waals surface area contributed by atoms with Gasteiger partial charge in [-0.1, -0.05) is 47.7 Å². The Labute approximate surface area is 242 Å². The first-order valence-electron chi connectivity index (χ1n) is 14.0. The molecule has 0 N–H and O–H groups in total. The number of nitrogens with zero attached hydrogens (tertiary/aromatic N) is 3. The molecule has 8 heteroatoms. The molecular weight excluding hydrogens is 534 g/mol. The van der Waals surface area contributed by atoms with Crippen LogP contribution in [-0.2, 0) is 9.53 Å². The highest BCUT2D eigenvalue weighted by Crippen LogP contribution is 2.40. The summed E-state index contributed by atoms with van der Waals surface area (Å²) in [7, 11) is 1.60. The molecule has 0 saturated carbocycles. The highest BCUT2D eigenvalue weighted by molar-refractivity contribution is 7.07. The molecule has 1 fully saturated rings. The summed E-state index contributed by atoms with van der Waals surface area (Å²) in [4.78, 5) is 35.3. The summed E-state index contributed by atoms with van der Waals surface area (Å²) in [6.45, 7) is 8.07. The number of aryl methyl sites for hydroxylation is 1. The smallest absolute Gasteiger partial charge is 0.338 e. The Morgan fingerprint density at radius 2 is 1.88 bits per heavy atom. The highest BCUT2D eigenvalue weighted by atomic mass is 32.1. The van der Waals surface area contributed by atoms with Crippen LogP contribution < -0.4 is 24.5 Å². The zero-order chi connectivity index (χ0) is 28.7. The summed E-state index contributed by atoms with van der Waals surface area (Å²) < 4.78 is 13.5. The Kier molecular flexibility index (Phi) is 7.26. The van der Waals surface area contributed by atoms with Crippen molar-refractivity contribution >= 4 is 39.8 Å². The van der Waals surface area contributed by atoms with Crippen LogP contribution in [0.3, 0.4) is 0 Å². The van der Waals surface area contributed by atoms with E-state index in [1.54, 1.807) is 25.5 Å². The fourth-order valence-corrected chi connectivity index (χ4v) is 7.08. The molecule has 4 aromatic rings. The SMILES string of the molecule is CCOC(=O)C1=C(C)N=c2s/c(=C/c3ccc(N4CCCC4)c(C)c3)c(=O)n2[C@@H]1c1c(OC)ccc2ccccc12. The van der Waals surface area contributed by atoms with Crippen molar-refractivity contribution in [2.45, 2.75) is 39.7 Å². The lowest BCUT2D eigenvalue weighted by Crippen LogP contribution is -2.40. The number of hydrogen-bond donors (Lipinski definition) is 0. The number of aromatic nitrogens is 1. The van der Waals surface area contributed by atoms with Crippen LogP contribution in [-0.4, -0.2) is 37.3 Å². The quantitative estimate of drug-likeness (QED) is 0.311. The van der Waals surface area contributed by atoms with E-state index in [1.165, 1.54) is 35.4 Å². The van der Waals surface area contributed by atoms with E-state index in [1.807, 2.05) is 42.5 Å². The number of carbonyl (C=O) groups is 1. The first-order chi connectivity index (χ1) is 19.9. The zero-order valence-electron chi connectivity index (χ0n) is 23.8. The monoisotopic (exact) mass is 567 g/mol. The van der Waals surface area contributed by atoms with Gasteiger partial charge >= 0.3 is 5.97 Å². The first kappa shape index (κ1) is 27.0. The molecule has 0 amide bonds. The van der Waals surface area contributed by atoms with E-state index in [-0.39, 0.29) is 12.2 Å². The molecule has 1 aromatic heterocycles. The Bertz CT molecular complexity index is 1880. The summed E-state index contributed by atoms with van der Waals surface area (Å²) in [5.41, 5.74) is 4.79. The minimum absolute atomic E-state index is 0.204. The second-order valence-electron chi connectivity index (χ2n) is 10.4. The number of esters is 1. The largest absolute Gasteiger partial charge is 0.496 e. The van der Waals surface area contributed by atoms with Crippen LogP contribution in [0.15, 0.2) is 75.7 Å². The minimum Gasteiger partial charge on any atom is -0.496 e. The van der Waals surface area contributed by atoms with Crippen molar-refractivity contribution in [2.75, 3.05) is 31.7 Å².